The predicted molar refractivity (Wildman–Crippen MR) is 106 cm³/mol. The summed E-state index contributed by atoms with van der Waals surface area (Å²) in [4.78, 5) is 4.15. The number of rotatable bonds is 8. The Morgan fingerprint density at radius 1 is 1.04 bits per heavy atom. The van der Waals surface area contributed by atoms with Gasteiger partial charge in [0.1, 0.15) is 0 Å². The standard InChI is InChI=1S/C19H26N4O2S/c1-16(18-11-7-4-8-12-18)23-19(20-2)21-13-14-26(24,25)22-15-17-9-5-3-6-10-17/h3-12,16,22H,13-15H2,1-2H3,(H2,20,21,23). The average molecular weight is 375 g/mol. The molecular formula is C19H26N4O2S. The van der Waals surface area contributed by atoms with Gasteiger partial charge in [-0.2, -0.15) is 0 Å². The fourth-order valence-corrected chi connectivity index (χ4v) is 3.29. The smallest absolute Gasteiger partial charge is 0.213 e. The van der Waals surface area contributed by atoms with Crippen molar-refractivity contribution in [3.05, 3.63) is 71.8 Å². The van der Waals surface area contributed by atoms with Gasteiger partial charge in [0.05, 0.1) is 11.8 Å². The fourth-order valence-electron chi connectivity index (χ4n) is 2.39. The van der Waals surface area contributed by atoms with Crippen molar-refractivity contribution in [2.45, 2.75) is 19.5 Å². The number of hydrogen-bond acceptors (Lipinski definition) is 3. The van der Waals surface area contributed by atoms with E-state index in [-0.39, 0.29) is 18.3 Å². The molecule has 2 aromatic carbocycles. The third-order valence-electron chi connectivity index (χ3n) is 3.88. The SMILES string of the molecule is CN=C(NCCS(=O)(=O)NCc1ccccc1)NC(C)c1ccccc1. The molecule has 1 atom stereocenters. The zero-order valence-corrected chi connectivity index (χ0v) is 16.0. The molecule has 0 bridgehead atoms. The van der Waals surface area contributed by atoms with E-state index < -0.39 is 10.0 Å². The molecule has 0 heterocycles. The van der Waals surface area contributed by atoms with Crippen LogP contribution in [0.5, 0.6) is 0 Å². The minimum absolute atomic E-state index is 0.0275. The van der Waals surface area contributed by atoms with E-state index in [9.17, 15) is 8.42 Å². The van der Waals surface area contributed by atoms with Crippen molar-refractivity contribution >= 4 is 16.0 Å². The van der Waals surface area contributed by atoms with Gasteiger partial charge in [-0.15, -0.1) is 0 Å². The van der Waals surface area contributed by atoms with Crippen LogP contribution in [0.1, 0.15) is 24.1 Å². The molecule has 1 unspecified atom stereocenters. The van der Waals surface area contributed by atoms with Crippen LogP contribution in [0.25, 0.3) is 0 Å². The van der Waals surface area contributed by atoms with Crippen molar-refractivity contribution in [1.29, 1.82) is 0 Å². The van der Waals surface area contributed by atoms with Gasteiger partial charge in [-0.3, -0.25) is 4.99 Å². The minimum Gasteiger partial charge on any atom is -0.355 e. The minimum atomic E-state index is -3.36. The second kappa shape index (κ2) is 9.94. The lowest BCUT2D eigenvalue weighted by Gasteiger charge is -2.18. The number of guanidine groups is 1. The molecule has 3 N–H and O–H groups in total. The fraction of sp³-hybridized carbons (Fsp3) is 0.316. The van der Waals surface area contributed by atoms with Crippen LogP contribution in [0.3, 0.4) is 0 Å². The van der Waals surface area contributed by atoms with Crippen LogP contribution in [-0.4, -0.2) is 33.7 Å². The Kier molecular flexibility index (Phi) is 7.62. The molecule has 0 saturated heterocycles. The van der Waals surface area contributed by atoms with E-state index in [0.717, 1.165) is 11.1 Å². The van der Waals surface area contributed by atoms with E-state index >= 15 is 0 Å². The summed E-state index contributed by atoms with van der Waals surface area (Å²) in [7, 11) is -1.70. The molecule has 0 aromatic heterocycles. The highest BCUT2D eigenvalue weighted by molar-refractivity contribution is 7.89. The molecule has 2 aromatic rings. The van der Waals surface area contributed by atoms with Gasteiger partial charge in [0, 0.05) is 20.1 Å². The van der Waals surface area contributed by atoms with E-state index in [1.165, 1.54) is 0 Å². The molecule has 0 aliphatic heterocycles. The number of nitrogens with zero attached hydrogens (tertiary/aromatic N) is 1. The largest absolute Gasteiger partial charge is 0.355 e. The molecule has 140 valence electrons. The van der Waals surface area contributed by atoms with E-state index in [1.54, 1.807) is 7.05 Å². The van der Waals surface area contributed by atoms with Gasteiger partial charge >= 0.3 is 0 Å². The Morgan fingerprint density at radius 3 is 2.27 bits per heavy atom. The first-order valence-electron chi connectivity index (χ1n) is 8.53. The first-order chi connectivity index (χ1) is 12.5. The average Bonchev–Trinajstić information content (AvgIpc) is 2.67. The second-order valence-electron chi connectivity index (χ2n) is 5.90. The third-order valence-corrected chi connectivity index (χ3v) is 5.20. The topological polar surface area (TPSA) is 82.6 Å². The molecule has 6 nitrogen and oxygen atoms in total. The molecule has 26 heavy (non-hydrogen) atoms. The Balaban J connectivity index is 1.77. The molecule has 7 heteroatoms. The van der Waals surface area contributed by atoms with Crippen LogP contribution in [-0.2, 0) is 16.6 Å². The molecule has 0 saturated carbocycles. The van der Waals surface area contributed by atoms with Crippen molar-refractivity contribution < 1.29 is 8.42 Å². The van der Waals surface area contributed by atoms with Gasteiger partial charge in [0.15, 0.2) is 5.96 Å². The molecule has 0 amide bonds. The first-order valence-corrected chi connectivity index (χ1v) is 10.2. The molecule has 0 spiro atoms. The number of hydrogen-bond donors (Lipinski definition) is 3. The van der Waals surface area contributed by atoms with Crippen LogP contribution in [0, 0.1) is 0 Å². The van der Waals surface area contributed by atoms with E-state index in [0.29, 0.717) is 12.5 Å². The van der Waals surface area contributed by atoms with E-state index in [4.69, 9.17) is 0 Å². The van der Waals surface area contributed by atoms with Gasteiger partial charge in [-0.25, -0.2) is 13.1 Å². The molecule has 0 aliphatic carbocycles. The maximum atomic E-state index is 12.1. The van der Waals surface area contributed by atoms with Crippen LogP contribution in [0.15, 0.2) is 65.7 Å². The zero-order chi connectivity index (χ0) is 18.8. The summed E-state index contributed by atoms with van der Waals surface area (Å²) in [6.07, 6.45) is 0. The number of aliphatic imine (C=N–C) groups is 1. The van der Waals surface area contributed by atoms with Crippen molar-refractivity contribution in [3.63, 3.8) is 0 Å². The number of sulfonamides is 1. The van der Waals surface area contributed by atoms with Gasteiger partial charge < -0.3 is 10.6 Å². The predicted octanol–water partition coefficient (Wildman–Crippen LogP) is 2.03. The number of benzene rings is 2. The highest BCUT2D eigenvalue weighted by atomic mass is 32.2. The number of nitrogens with one attached hydrogen (secondary N) is 3. The lowest BCUT2D eigenvalue weighted by Crippen LogP contribution is -2.41. The molecule has 2 rings (SSSR count). The van der Waals surface area contributed by atoms with E-state index in [2.05, 4.69) is 20.3 Å². The first kappa shape index (κ1) is 19.9. The highest BCUT2D eigenvalue weighted by Gasteiger charge is 2.11. The maximum Gasteiger partial charge on any atom is 0.213 e. The molecular weight excluding hydrogens is 348 g/mol. The van der Waals surface area contributed by atoms with Gasteiger partial charge in [-0.05, 0) is 18.1 Å². The van der Waals surface area contributed by atoms with Gasteiger partial charge in [0.2, 0.25) is 10.0 Å². The Labute approximate surface area is 155 Å². The summed E-state index contributed by atoms with van der Waals surface area (Å²) in [6.45, 7) is 2.59. The summed E-state index contributed by atoms with van der Waals surface area (Å²) < 4.78 is 26.8. The summed E-state index contributed by atoms with van der Waals surface area (Å²) in [5, 5.41) is 6.29. The monoisotopic (exact) mass is 374 g/mol. The van der Waals surface area contributed by atoms with Crippen LogP contribution < -0.4 is 15.4 Å². The quantitative estimate of drug-likeness (QED) is 0.488. The molecule has 0 aliphatic rings. The Hall–Kier alpha value is -2.38. The van der Waals surface area contributed by atoms with Crippen LogP contribution in [0.2, 0.25) is 0 Å². The lowest BCUT2D eigenvalue weighted by atomic mass is 10.1. The highest BCUT2D eigenvalue weighted by Crippen LogP contribution is 2.10. The lowest BCUT2D eigenvalue weighted by molar-refractivity contribution is 0.579. The molecule has 0 radical (unpaired) electrons. The van der Waals surface area contributed by atoms with Crippen molar-refractivity contribution in [2.75, 3.05) is 19.3 Å². The second-order valence-corrected chi connectivity index (χ2v) is 7.83. The van der Waals surface area contributed by atoms with E-state index in [1.807, 2.05) is 67.6 Å². The summed E-state index contributed by atoms with van der Waals surface area (Å²) >= 11 is 0. The summed E-state index contributed by atoms with van der Waals surface area (Å²) in [5.41, 5.74) is 2.06. The molecule has 0 fully saturated rings. The van der Waals surface area contributed by atoms with Crippen molar-refractivity contribution in [1.82, 2.24) is 15.4 Å². The van der Waals surface area contributed by atoms with Gasteiger partial charge in [-0.1, -0.05) is 60.7 Å². The van der Waals surface area contributed by atoms with Crippen molar-refractivity contribution in [3.8, 4) is 0 Å². The van der Waals surface area contributed by atoms with Crippen molar-refractivity contribution in [2.24, 2.45) is 4.99 Å². The zero-order valence-electron chi connectivity index (χ0n) is 15.1. The Morgan fingerprint density at radius 2 is 1.65 bits per heavy atom. The van der Waals surface area contributed by atoms with Gasteiger partial charge in [0.25, 0.3) is 0 Å². The maximum absolute atomic E-state index is 12.1. The normalized spacial score (nSPS) is 13.2. The Bertz CT molecular complexity index is 793. The summed E-state index contributed by atoms with van der Waals surface area (Å²) in [6, 6.07) is 19.5. The third kappa shape index (κ3) is 6.85. The van der Waals surface area contributed by atoms with Crippen LogP contribution in [0.4, 0.5) is 0 Å². The summed E-state index contributed by atoms with van der Waals surface area (Å²) in [5.74, 6) is 0.542. The van der Waals surface area contributed by atoms with Crippen LogP contribution >= 0.6 is 0 Å².